The summed E-state index contributed by atoms with van der Waals surface area (Å²) in [5.41, 5.74) is 7.26. The lowest BCUT2D eigenvalue weighted by atomic mass is 10.1. The molecule has 0 radical (unpaired) electrons. The van der Waals surface area contributed by atoms with Crippen LogP contribution in [0, 0.1) is 20.2 Å². The Kier molecular flexibility index (Phi) is 8.61. The second-order valence-corrected chi connectivity index (χ2v) is 5.36. The van der Waals surface area contributed by atoms with Crippen LogP contribution in [0.1, 0.15) is 20.7 Å². The van der Waals surface area contributed by atoms with Gasteiger partial charge in [0.15, 0.2) is 0 Å². The van der Waals surface area contributed by atoms with Crippen LogP contribution in [0.4, 0.5) is 11.4 Å². The Morgan fingerprint density at radius 3 is 2.00 bits per heavy atom. The molecule has 2 amide bonds. The number of nitrogens with two attached hydrogens (primary N) is 1. The molecule has 0 fully saturated rings. The number of non-ortho nitro benzene ring substituents is 2. The fourth-order valence-corrected chi connectivity index (χ4v) is 2.02. The molecule has 30 heavy (non-hydrogen) atoms. The van der Waals surface area contributed by atoms with Gasteiger partial charge >= 0.3 is 0 Å². The average Bonchev–Trinajstić information content (AvgIpc) is 2.69. The van der Waals surface area contributed by atoms with E-state index in [1.807, 2.05) is 0 Å². The van der Waals surface area contributed by atoms with E-state index >= 15 is 0 Å². The molecule has 0 unspecified atom stereocenters. The van der Waals surface area contributed by atoms with Gasteiger partial charge in [0.05, 0.1) is 22.5 Å². The molecule has 0 aliphatic rings. The Hall–Kier alpha value is -4.30. The fraction of sp³-hybridized carbons (Fsp3) is 0.125. The largest absolute Gasteiger partial charge is 0.872 e. The van der Waals surface area contributed by atoms with Crippen LogP contribution in [0.25, 0.3) is 0 Å². The number of benzene rings is 2. The number of phenolic OH excluding ortho intramolecular Hbond substituents is 1. The summed E-state index contributed by atoms with van der Waals surface area (Å²) in [5, 5.41) is 41.3. The van der Waals surface area contributed by atoms with E-state index in [-0.39, 0.29) is 28.3 Å². The van der Waals surface area contributed by atoms with Crippen molar-refractivity contribution in [2.75, 3.05) is 14.1 Å². The standard InChI is InChI=1S/2C8H9N3O4/c2*1-9-10-8(13)6-4-5(11(14)15)2-3-7(6)12/h2*2-4,9,12H,1H3,(H,10,13). The number of carbonyl (C=O) groups is 2. The molecular formula is C16H18N6O8. The lowest BCUT2D eigenvalue weighted by molar-refractivity contribution is -0.671. The Balaban J connectivity index is 0.000000300. The molecule has 0 spiro atoms. The number of hydrazine groups is 1. The number of carbonyl (C=O) groups excluding carboxylic acids is 2. The van der Waals surface area contributed by atoms with Gasteiger partial charge in [-0.2, -0.15) is 0 Å². The van der Waals surface area contributed by atoms with Crippen molar-refractivity contribution in [1.29, 1.82) is 0 Å². The predicted octanol–water partition coefficient (Wildman–Crippen LogP) is -1.33. The van der Waals surface area contributed by atoms with Gasteiger partial charge in [0.25, 0.3) is 23.2 Å². The molecule has 6 N–H and O–H groups in total. The van der Waals surface area contributed by atoms with Crippen molar-refractivity contribution < 1.29 is 35.1 Å². The zero-order chi connectivity index (χ0) is 22.8. The third-order valence-corrected chi connectivity index (χ3v) is 3.37. The van der Waals surface area contributed by atoms with Crippen molar-refractivity contribution in [3.05, 3.63) is 67.8 Å². The molecule has 0 atom stereocenters. The van der Waals surface area contributed by atoms with Crippen molar-refractivity contribution in [3.63, 3.8) is 0 Å². The summed E-state index contributed by atoms with van der Waals surface area (Å²) in [6.45, 7) is 0. The van der Waals surface area contributed by atoms with Crippen LogP contribution in [0.5, 0.6) is 11.5 Å². The molecule has 2 aromatic carbocycles. The number of amides is 2. The molecular weight excluding hydrogens is 404 g/mol. The minimum Gasteiger partial charge on any atom is -0.872 e. The Morgan fingerprint density at radius 2 is 1.50 bits per heavy atom. The zero-order valence-corrected chi connectivity index (χ0v) is 15.7. The summed E-state index contributed by atoms with van der Waals surface area (Å²) >= 11 is 0. The molecule has 160 valence electrons. The second kappa shape index (κ2) is 10.9. The summed E-state index contributed by atoms with van der Waals surface area (Å²) in [6.07, 6.45) is 0. The number of nitrogens with one attached hydrogen (secondary N) is 3. The highest BCUT2D eigenvalue weighted by atomic mass is 16.6. The number of phenols is 1. The van der Waals surface area contributed by atoms with Gasteiger partial charge in [0.2, 0.25) is 0 Å². The van der Waals surface area contributed by atoms with Crippen molar-refractivity contribution in [2.45, 2.75) is 0 Å². The SMILES string of the molecule is CNNC(=O)c1cc([N+](=O)[O-])ccc1O.C[NH2+]NC(=O)c1cc([N+](=O)[O-])ccc1[O-]. The van der Waals surface area contributed by atoms with Gasteiger partial charge in [-0.25, -0.2) is 16.3 Å². The third-order valence-electron chi connectivity index (χ3n) is 3.37. The van der Waals surface area contributed by atoms with Gasteiger partial charge in [-0.1, -0.05) is 11.8 Å². The van der Waals surface area contributed by atoms with Gasteiger partial charge in [-0.15, -0.1) is 0 Å². The Morgan fingerprint density at radius 1 is 0.967 bits per heavy atom. The summed E-state index contributed by atoms with van der Waals surface area (Å²) in [6, 6.07) is 6.24. The number of nitro groups is 2. The normalized spacial score (nSPS) is 9.67. The molecule has 14 nitrogen and oxygen atoms in total. The van der Waals surface area contributed by atoms with Crippen LogP contribution in [-0.2, 0) is 0 Å². The molecule has 2 aromatic rings. The maximum atomic E-state index is 11.3. The maximum Gasteiger partial charge on any atom is 0.295 e. The summed E-state index contributed by atoms with van der Waals surface area (Å²) in [7, 11) is 3.03. The van der Waals surface area contributed by atoms with Crippen LogP contribution in [-0.4, -0.2) is 40.9 Å². The molecule has 14 heteroatoms. The summed E-state index contributed by atoms with van der Waals surface area (Å²) in [5.74, 6) is -2.14. The first-order chi connectivity index (χ1) is 14.1. The van der Waals surface area contributed by atoms with Crippen molar-refractivity contribution >= 4 is 23.2 Å². The van der Waals surface area contributed by atoms with E-state index in [2.05, 4.69) is 16.3 Å². The third kappa shape index (κ3) is 6.39. The molecule has 0 aromatic heterocycles. The predicted molar refractivity (Wildman–Crippen MR) is 99.1 cm³/mol. The van der Waals surface area contributed by atoms with E-state index in [4.69, 9.17) is 0 Å². The highest BCUT2D eigenvalue weighted by molar-refractivity contribution is 5.97. The summed E-state index contributed by atoms with van der Waals surface area (Å²) in [4.78, 5) is 42.1. The van der Waals surface area contributed by atoms with Crippen LogP contribution in [0.15, 0.2) is 36.4 Å². The first-order valence-electron chi connectivity index (χ1n) is 8.11. The van der Waals surface area contributed by atoms with Gasteiger partial charge in [0, 0.05) is 36.9 Å². The molecule has 2 rings (SSSR count). The number of nitro benzene ring substituents is 2. The number of hydrogen-bond donors (Lipinski definition) is 5. The highest BCUT2D eigenvalue weighted by Gasteiger charge is 2.15. The number of nitrogen functional groups attached to an aromatic ring is 1. The van der Waals surface area contributed by atoms with Gasteiger partial charge < -0.3 is 10.2 Å². The number of quaternary nitrogens is 1. The van der Waals surface area contributed by atoms with E-state index in [1.54, 1.807) is 7.05 Å². The average molecular weight is 422 g/mol. The molecule has 0 heterocycles. The van der Waals surface area contributed by atoms with Crippen LogP contribution < -0.4 is 26.8 Å². The van der Waals surface area contributed by atoms with Crippen molar-refractivity contribution in [2.24, 2.45) is 0 Å². The first kappa shape index (κ1) is 23.7. The topological polar surface area (TPSA) is 216 Å². The molecule has 0 aliphatic carbocycles. The molecule has 0 saturated heterocycles. The molecule has 0 aliphatic heterocycles. The minimum atomic E-state index is -0.661. The number of hydrogen-bond acceptors (Lipinski definition) is 9. The minimum absolute atomic E-state index is 0.154. The van der Waals surface area contributed by atoms with Crippen LogP contribution >= 0.6 is 0 Å². The molecule has 0 saturated carbocycles. The van der Waals surface area contributed by atoms with Crippen molar-refractivity contribution in [3.8, 4) is 11.5 Å². The number of nitrogens with zero attached hydrogens (tertiary/aromatic N) is 2. The number of rotatable bonds is 6. The van der Waals surface area contributed by atoms with Gasteiger partial charge in [-0.05, 0) is 6.07 Å². The van der Waals surface area contributed by atoms with E-state index in [0.717, 1.165) is 36.4 Å². The second-order valence-electron chi connectivity index (χ2n) is 5.36. The van der Waals surface area contributed by atoms with E-state index < -0.39 is 27.4 Å². The Bertz CT molecular complexity index is 887. The number of aromatic hydroxyl groups is 1. The lowest BCUT2D eigenvalue weighted by Crippen LogP contribution is -2.90. The van der Waals surface area contributed by atoms with Crippen LogP contribution in [0.2, 0.25) is 0 Å². The van der Waals surface area contributed by atoms with E-state index in [9.17, 15) is 40.0 Å². The van der Waals surface area contributed by atoms with Gasteiger partial charge in [0.1, 0.15) is 5.75 Å². The van der Waals surface area contributed by atoms with Crippen LogP contribution in [0.3, 0.4) is 0 Å². The zero-order valence-electron chi connectivity index (χ0n) is 15.7. The Labute approximate surface area is 168 Å². The first-order valence-corrected chi connectivity index (χ1v) is 8.11. The van der Waals surface area contributed by atoms with Crippen molar-refractivity contribution in [1.82, 2.24) is 16.3 Å². The van der Waals surface area contributed by atoms with E-state index in [1.165, 1.54) is 12.5 Å². The lowest BCUT2D eigenvalue weighted by Gasteiger charge is -2.10. The molecule has 0 bridgehead atoms. The summed E-state index contributed by atoms with van der Waals surface area (Å²) < 4.78 is 0. The fourth-order valence-electron chi connectivity index (χ4n) is 2.02. The van der Waals surface area contributed by atoms with E-state index in [0.29, 0.717) is 0 Å². The monoisotopic (exact) mass is 422 g/mol. The maximum absolute atomic E-state index is 11.3. The quantitative estimate of drug-likeness (QED) is 0.161. The van der Waals surface area contributed by atoms with Gasteiger partial charge in [-0.3, -0.25) is 35.2 Å². The smallest absolute Gasteiger partial charge is 0.295 e. The highest BCUT2D eigenvalue weighted by Crippen LogP contribution is 2.22.